The smallest absolute Gasteiger partial charge is 0.410 e. The Hall–Kier alpha value is -3.39. The van der Waals surface area contributed by atoms with Crippen LogP contribution in [0, 0.1) is 0 Å². The first-order valence-corrected chi connectivity index (χ1v) is 10.5. The van der Waals surface area contributed by atoms with Crippen LogP contribution in [0.5, 0.6) is 11.5 Å². The second-order valence-corrected chi connectivity index (χ2v) is 7.58. The highest BCUT2D eigenvalue weighted by Gasteiger charge is 2.46. The van der Waals surface area contributed by atoms with Crippen LogP contribution in [0.25, 0.3) is 0 Å². The van der Waals surface area contributed by atoms with Crippen LogP contribution in [0.4, 0.5) is 10.5 Å². The summed E-state index contributed by atoms with van der Waals surface area (Å²) in [6, 6.07) is 15.9. The van der Waals surface area contributed by atoms with Gasteiger partial charge in [0.25, 0.3) is 5.91 Å². The van der Waals surface area contributed by atoms with Crippen molar-refractivity contribution in [2.45, 2.75) is 19.4 Å². The van der Waals surface area contributed by atoms with Crippen molar-refractivity contribution in [1.82, 2.24) is 4.90 Å². The first kappa shape index (κ1) is 20.9. The van der Waals surface area contributed by atoms with E-state index >= 15 is 0 Å². The standard InChI is InChI=1S/C23H25N3O5/c1-2-30-23(29)25-14-12-24(13-15-25)20-16-21(27)26(22(20)28)17-8-10-19(11-9-17)31-18-6-4-3-5-7-18/h3-11,20H,2,12-16H2,1H3/p+1/t20-/m1/s1. The number of nitrogens with zero attached hydrogens (tertiary/aromatic N) is 2. The first-order chi connectivity index (χ1) is 15.1. The summed E-state index contributed by atoms with van der Waals surface area (Å²) in [6.45, 7) is 4.36. The molecule has 4 rings (SSSR count). The summed E-state index contributed by atoms with van der Waals surface area (Å²) in [5.41, 5.74) is 0.544. The Bertz CT molecular complexity index is 939. The molecule has 31 heavy (non-hydrogen) atoms. The molecule has 8 heteroatoms. The highest BCUT2D eigenvalue weighted by atomic mass is 16.6. The van der Waals surface area contributed by atoms with Crippen molar-refractivity contribution >= 4 is 23.6 Å². The number of piperazine rings is 1. The number of carbonyl (C=O) groups is 3. The number of hydrogen-bond acceptors (Lipinski definition) is 5. The molecule has 3 amide bonds. The normalized spacial score (nSPS) is 19.6. The van der Waals surface area contributed by atoms with Crippen molar-refractivity contribution in [2.24, 2.45) is 0 Å². The van der Waals surface area contributed by atoms with Gasteiger partial charge >= 0.3 is 6.09 Å². The first-order valence-electron chi connectivity index (χ1n) is 10.5. The molecule has 2 aliphatic rings. The number of carbonyl (C=O) groups excluding carboxylic acids is 3. The molecular weight excluding hydrogens is 398 g/mol. The van der Waals surface area contributed by atoms with Crippen molar-refractivity contribution < 1.29 is 28.8 Å². The predicted molar refractivity (Wildman–Crippen MR) is 113 cm³/mol. The van der Waals surface area contributed by atoms with E-state index in [1.54, 1.807) is 36.1 Å². The quantitative estimate of drug-likeness (QED) is 0.736. The maximum Gasteiger partial charge on any atom is 0.410 e. The van der Waals surface area contributed by atoms with Crippen LogP contribution in [-0.4, -0.2) is 61.6 Å². The summed E-state index contributed by atoms with van der Waals surface area (Å²) in [6.07, 6.45) is -0.148. The second-order valence-electron chi connectivity index (χ2n) is 7.58. The average Bonchev–Trinajstić information content (AvgIpc) is 3.09. The lowest BCUT2D eigenvalue weighted by molar-refractivity contribution is -0.918. The maximum atomic E-state index is 13.1. The van der Waals surface area contributed by atoms with Gasteiger partial charge in [-0.15, -0.1) is 0 Å². The summed E-state index contributed by atoms with van der Waals surface area (Å²) in [5, 5.41) is 0. The molecule has 1 atom stereocenters. The van der Waals surface area contributed by atoms with Gasteiger partial charge in [-0.2, -0.15) is 0 Å². The molecule has 2 saturated heterocycles. The number of benzene rings is 2. The number of para-hydroxylation sites is 1. The van der Waals surface area contributed by atoms with Gasteiger partial charge in [0.1, 0.15) is 11.5 Å². The zero-order chi connectivity index (χ0) is 21.8. The van der Waals surface area contributed by atoms with Gasteiger partial charge < -0.3 is 14.4 Å². The van der Waals surface area contributed by atoms with E-state index in [9.17, 15) is 14.4 Å². The van der Waals surface area contributed by atoms with E-state index in [0.29, 0.717) is 50.0 Å². The maximum absolute atomic E-state index is 13.1. The van der Waals surface area contributed by atoms with E-state index in [-0.39, 0.29) is 24.3 Å². The third-order valence-electron chi connectivity index (χ3n) is 5.64. The van der Waals surface area contributed by atoms with Crippen LogP contribution in [0.3, 0.4) is 0 Å². The molecule has 0 bridgehead atoms. The van der Waals surface area contributed by atoms with E-state index in [0.717, 1.165) is 4.90 Å². The molecule has 0 radical (unpaired) electrons. The summed E-state index contributed by atoms with van der Waals surface area (Å²) >= 11 is 0. The number of anilines is 1. The van der Waals surface area contributed by atoms with Crippen LogP contribution < -0.4 is 14.5 Å². The molecule has 0 aliphatic carbocycles. The third-order valence-corrected chi connectivity index (χ3v) is 5.64. The Morgan fingerprint density at radius 2 is 1.65 bits per heavy atom. The summed E-state index contributed by atoms with van der Waals surface area (Å²) in [4.78, 5) is 41.5. The van der Waals surface area contributed by atoms with Crippen LogP contribution in [0.1, 0.15) is 13.3 Å². The highest BCUT2D eigenvalue weighted by molar-refractivity contribution is 6.21. The molecule has 0 spiro atoms. The zero-order valence-electron chi connectivity index (χ0n) is 17.5. The summed E-state index contributed by atoms with van der Waals surface area (Å²) < 4.78 is 10.8. The minimum Gasteiger partial charge on any atom is -0.457 e. The number of nitrogens with one attached hydrogen (secondary N) is 1. The van der Waals surface area contributed by atoms with Crippen molar-refractivity contribution in [1.29, 1.82) is 0 Å². The SMILES string of the molecule is CCOC(=O)N1CC[NH+]([C@@H]2CC(=O)N(c3ccc(Oc4ccccc4)cc3)C2=O)CC1. The molecule has 2 fully saturated rings. The van der Waals surface area contributed by atoms with Gasteiger partial charge in [0.15, 0.2) is 6.04 Å². The minimum atomic E-state index is -0.419. The highest BCUT2D eigenvalue weighted by Crippen LogP contribution is 2.27. The van der Waals surface area contributed by atoms with E-state index in [1.165, 1.54) is 4.90 Å². The van der Waals surface area contributed by atoms with Crippen molar-refractivity contribution in [3.63, 3.8) is 0 Å². The van der Waals surface area contributed by atoms with Gasteiger partial charge in [-0.3, -0.25) is 14.5 Å². The van der Waals surface area contributed by atoms with E-state index in [4.69, 9.17) is 9.47 Å². The summed E-state index contributed by atoms with van der Waals surface area (Å²) in [5.74, 6) is 0.953. The minimum absolute atomic E-state index is 0.176. The fourth-order valence-electron chi connectivity index (χ4n) is 4.05. The molecule has 0 aromatic heterocycles. The van der Waals surface area contributed by atoms with Crippen molar-refractivity contribution in [2.75, 3.05) is 37.7 Å². The lowest BCUT2D eigenvalue weighted by Gasteiger charge is -2.33. The molecule has 0 unspecified atom stereocenters. The monoisotopic (exact) mass is 424 g/mol. The third kappa shape index (κ3) is 4.54. The van der Waals surface area contributed by atoms with Gasteiger partial charge in [0.05, 0.1) is 44.9 Å². The van der Waals surface area contributed by atoms with Crippen LogP contribution in [0.2, 0.25) is 0 Å². The van der Waals surface area contributed by atoms with Gasteiger partial charge in [-0.1, -0.05) is 18.2 Å². The molecule has 2 aromatic rings. The number of imide groups is 1. The number of amides is 3. The molecule has 0 saturated carbocycles. The zero-order valence-corrected chi connectivity index (χ0v) is 17.5. The van der Waals surface area contributed by atoms with E-state index in [2.05, 4.69) is 0 Å². The number of hydrogen-bond donors (Lipinski definition) is 1. The van der Waals surface area contributed by atoms with E-state index < -0.39 is 6.04 Å². The molecule has 1 N–H and O–H groups in total. The number of quaternary nitrogens is 1. The van der Waals surface area contributed by atoms with Crippen LogP contribution in [0.15, 0.2) is 54.6 Å². The second kappa shape index (κ2) is 9.18. The van der Waals surface area contributed by atoms with Crippen molar-refractivity contribution in [3.8, 4) is 11.5 Å². The van der Waals surface area contributed by atoms with Crippen LogP contribution >= 0.6 is 0 Å². The topological polar surface area (TPSA) is 80.6 Å². The lowest BCUT2D eigenvalue weighted by atomic mass is 10.2. The fourth-order valence-corrected chi connectivity index (χ4v) is 4.05. The number of ether oxygens (including phenoxy) is 2. The van der Waals surface area contributed by atoms with Gasteiger partial charge in [0, 0.05) is 0 Å². The molecule has 2 heterocycles. The Morgan fingerprint density at radius 3 is 2.29 bits per heavy atom. The van der Waals surface area contributed by atoms with Gasteiger partial charge in [0.2, 0.25) is 5.91 Å². The molecular formula is C23H26N3O5+. The molecule has 162 valence electrons. The lowest BCUT2D eigenvalue weighted by Crippen LogP contribution is -3.19. The van der Waals surface area contributed by atoms with Crippen LogP contribution in [-0.2, 0) is 14.3 Å². The molecule has 2 aromatic carbocycles. The van der Waals surface area contributed by atoms with E-state index in [1.807, 2.05) is 30.3 Å². The Morgan fingerprint density at radius 1 is 1.00 bits per heavy atom. The molecule has 2 aliphatic heterocycles. The molecule has 8 nitrogen and oxygen atoms in total. The Kier molecular flexibility index (Phi) is 6.18. The largest absolute Gasteiger partial charge is 0.457 e. The summed E-state index contributed by atoms with van der Waals surface area (Å²) in [7, 11) is 0. The fraction of sp³-hybridized carbons (Fsp3) is 0.348. The Balaban J connectivity index is 1.39. The average molecular weight is 424 g/mol. The predicted octanol–water partition coefficient (Wildman–Crippen LogP) is 1.47. The van der Waals surface area contributed by atoms with Crippen molar-refractivity contribution in [3.05, 3.63) is 54.6 Å². The van der Waals surface area contributed by atoms with Gasteiger partial charge in [-0.25, -0.2) is 9.69 Å². The Labute approximate surface area is 180 Å². The van der Waals surface area contributed by atoms with Gasteiger partial charge in [-0.05, 0) is 43.3 Å². The number of rotatable bonds is 5.